The Balaban J connectivity index is 2.13. The molecule has 4 nitrogen and oxygen atoms in total. The highest BCUT2D eigenvalue weighted by Crippen LogP contribution is 2.32. The summed E-state index contributed by atoms with van der Waals surface area (Å²) in [6, 6.07) is -0.0787. The lowest BCUT2D eigenvalue weighted by atomic mass is 9.91. The van der Waals surface area contributed by atoms with E-state index in [0.717, 1.165) is 19.3 Å². The molecule has 1 fully saturated rings. The van der Waals surface area contributed by atoms with Gasteiger partial charge in [0, 0.05) is 31.4 Å². The minimum absolute atomic E-state index is 0.0787. The van der Waals surface area contributed by atoms with Crippen LogP contribution in [0.1, 0.15) is 36.9 Å². The van der Waals surface area contributed by atoms with Crippen LogP contribution >= 0.6 is 0 Å². The Morgan fingerprint density at radius 1 is 1.40 bits per heavy atom. The zero-order valence-corrected chi connectivity index (χ0v) is 11.7. The topological polar surface area (TPSA) is 41.3 Å². The first kappa shape index (κ1) is 15.3. The lowest BCUT2D eigenvalue weighted by Crippen LogP contribution is -2.43. The Kier molecular flexibility index (Phi) is 4.39. The molecule has 1 heterocycles. The van der Waals surface area contributed by atoms with E-state index < -0.39 is 18.0 Å². The van der Waals surface area contributed by atoms with Gasteiger partial charge in [-0.15, -0.1) is 0 Å². The smallest absolute Gasteiger partial charge is 0.391 e. The second-order valence-electron chi connectivity index (χ2n) is 5.51. The molecule has 1 N–H and O–H groups in total. The number of halogens is 3. The van der Waals surface area contributed by atoms with Crippen LogP contribution < -0.4 is 0 Å². The Labute approximate surface area is 116 Å². The van der Waals surface area contributed by atoms with Gasteiger partial charge in [0.2, 0.25) is 0 Å². The largest absolute Gasteiger partial charge is 0.435 e. The molecule has 2 unspecified atom stereocenters. The van der Waals surface area contributed by atoms with Crippen molar-refractivity contribution in [3.8, 4) is 0 Å². The van der Waals surface area contributed by atoms with E-state index in [1.54, 1.807) is 11.9 Å². The highest BCUT2D eigenvalue weighted by Gasteiger charge is 2.37. The molecule has 0 bridgehead atoms. The molecule has 0 saturated heterocycles. The van der Waals surface area contributed by atoms with Gasteiger partial charge in [0.15, 0.2) is 5.69 Å². The summed E-state index contributed by atoms with van der Waals surface area (Å²) in [5, 5.41) is 13.5. The van der Waals surface area contributed by atoms with Gasteiger partial charge in [-0.3, -0.25) is 9.58 Å². The van der Waals surface area contributed by atoms with Crippen molar-refractivity contribution < 1.29 is 18.3 Å². The number of rotatable bonds is 3. The molecule has 114 valence electrons. The van der Waals surface area contributed by atoms with Crippen molar-refractivity contribution in [2.45, 2.75) is 50.6 Å². The van der Waals surface area contributed by atoms with Crippen LogP contribution in [-0.4, -0.2) is 39.0 Å². The van der Waals surface area contributed by atoms with Gasteiger partial charge in [-0.2, -0.15) is 18.3 Å². The van der Waals surface area contributed by atoms with Gasteiger partial charge in [-0.05, 0) is 19.9 Å². The zero-order valence-electron chi connectivity index (χ0n) is 11.7. The van der Waals surface area contributed by atoms with Crippen molar-refractivity contribution in [2.24, 2.45) is 7.05 Å². The third-order valence-electron chi connectivity index (χ3n) is 3.85. The normalized spacial score (nSPS) is 24.4. The van der Waals surface area contributed by atoms with Gasteiger partial charge < -0.3 is 5.11 Å². The zero-order chi connectivity index (χ0) is 14.9. The summed E-state index contributed by atoms with van der Waals surface area (Å²) in [5.74, 6) is 0. The molecule has 1 aromatic rings. The number of aliphatic hydroxyl groups excluding tert-OH is 1. The molecule has 1 aromatic heterocycles. The maximum absolute atomic E-state index is 12.9. The quantitative estimate of drug-likeness (QED) is 0.928. The fourth-order valence-electron chi connectivity index (χ4n) is 2.88. The van der Waals surface area contributed by atoms with Crippen LogP contribution in [0.3, 0.4) is 0 Å². The first-order chi connectivity index (χ1) is 9.29. The molecule has 20 heavy (non-hydrogen) atoms. The molecule has 1 saturated carbocycles. The summed E-state index contributed by atoms with van der Waals surface area (Å²) in [4.78, 5) is 1.80. The number of hydrogen-bond donors (Lipinski definition) is 1. The first-order valence-electron chi connectivity index (χ1n) is 6.77. The van der Waals surface area contributed by atoms with Crippen molar-refractivity contribution in [1.29, 1.82) is 0 Å². The molecule has 0 amide bonds. The fourth-order valence-corrected chi connectivity index (χ4v) is 2.88. The number of likely N-dealkylation sites (N-methyl/N-ethyl adjacent to an activating group) is 1. The predicted molar refractivity (Wildman–Crippen MR) is 67.9 cm³/mol. The number of hydrogen-bond acceptors (Lipinski definition) is 3. The molecule has 0 aliphatic heterocycles. The highest BCUT2D eigenvalue weighted by molar-refractivity contribution is 5.20. The van der Waals surface area contributed by atoms with Crippen molar-refractivity contribution in [3.63, 3.8) is 0 Å². The van der Waals surface area contributed by atoms with E-state index in [-0.39, 0.29) is 18.2 Å². The lowest BCUT2D eigenvalue weighted by molar-refractivity contribution is -0.142. The molecule has 0 aromatic carbocycles. The highest BCUT2D eigenvalue weighted by atomic mass is 19.4. The summed E-state index contributed by atoms with van der Waals surface area (Å²) in [6.07, 6.45) is 0.0157. The van der Waals surface area contributed by atoms with Crippen LogP contribution in [0.4, 0.5) is 13.2 Å². The minimum atomic E-state index is -4.44. The summed E-state index contributed by atoms with van der Waals surface area (Å²) in [6.45, 7) is 0.143. The second-order valence-corrected chi connectivity index (χ2v) is 5.51. The maximum atomic E-state index is 12.9. The Morgan fingerprint density at radius 2 is 2.05 bits per heavy atom. The van der Waals surface area contributed by atoms with E-state index in [4.69, 9.17) is 0 Å². The average Bonchev–Trinajstić information content (AvgIpc) is 2.70. The van der Waals surface area contributed by atoms with Gasteiger partial charge in [0.05, 0.1) is 6.10 Å². The molecule has 1 aliphatic carbocycles. The van der Waals surface area contributed by atoms with E-state index in [1.165, 1.54) is 17.9 Å². The van der Waals surface area contributed by atoms with Crippen molar-refractivity contribution in [2.75, 3.05) is 7.05 Å². The Morgan fingerprint density at radius 3 is 2.65 bits per heavy atom. The van der Waals surface area contributed by atoms with E-state index >= 15 is 0 Å². The van der Waals surface area contributed by atoms with Crippen LogP contribution in [0.5, 0.6) is 0 Å². The molecule has 2 atom stereocenters. The number of nitrogens with zero attached hydrogens (tertiary/aromatic N) is 3. The van der Waals surface area contributed by atoms with Gasteiger partial charge in [0.1, 0.15) is 0 Å². The first-order valence-corrected chi connectivity index (χ1v) is 6.77. The number of aryl methyl sites for hydroxylation is 1. The van der Waals surface area contributed by atoms with Gasteiger partial charge in [-0.25, -0.2) is 0 Å². The number of aliphatic hydroxyl groups is 1. The van der Waals surface area contributed by atoms with Gasteiger partial charge >= 0.3 is 6.18 Å². The van der Waals surface area contributed by atoms with Crippen LogP contribution in [-0.2, 0) is 19.8 Å². The van der Waals surface area contributed by atoms with Crippen molar-refractivity contribution >= 4 is 0 Å². The van der Waals surface area contributed by atoms with Crippen LogP contribution in [0.15, 0.2) is 6.20 Å². The lowest BCUT2D eigenvalue weighted by Gasteiger charge is -2.35. The van der Waals surface area contributed by atoms with Crippen molar-refractivity contribution in [1.82, 2.24) is 14.7 Å². The maximum Gasteiger partial charge on any atom is 0.435 e. The molecular formula is C13H20F3N3O. The monoisotopic (exact) mass is 291 g/mol. The summed E-state index contributed by atoms with van der Waals surface area (Å²) < 4.78 is 39.8. The SMILES string of the molecule is CN(Cc1cn(C)nc1C(F)(F)F)C1CCCCC1O. The standard InChI is InChI=1S/C13H20F3N3O/c1-18(10-5-3-4-6-11(10)20)7-9-8-19(2)17-12(9)13(14,15)16/h8,10-11,20H,3-7H2,1-2H3. The van der Waals surface area contributed by atoms with Crippen LogP contribution in [0.2, 0.25) is 0 Å². The summed E-state index contributed by atoms with van der Waals surface area (Å²) >= 11 is 0. The fraction of sp³-hybridized carbons (Fsp3) is 0.769. The molecule has 1 aliphatic rings. The van der Waals surface area contributed by atoms with Gasteiger partial charge in [0.25, 0.3) is 0 Å². The Hall–Kier alpha value is -1.08. The van der Waals surface area contributed by atoms with E-state index in [2.05, 4.69) is 5.10 Å². The number of alkyl halides is 3. The second kappa shape index (κ2) is 5.73. The Bertz CT molecular complexity index is 458. The van der Waals surface area contributed by atoms with Crippen LogP contribution in [0.25, 0.3) is 0 Å². The molecule has 2 rings (SSSR count). The van der Waals surface area contributed by atoms with Gasteiger partial charge in [-0.1, -0.05) is 12.8 Å². The third kappa shape index (κ3) is 3.32. The molecule has 0 spiro atoms. The third-order valence-corrected chi connectivity index (χ3v) is 3.85. The minimum Gasteiger partial charge on any atom is -0.391 e. The molecule has 7 heteroatoms. The van der Waals surface area contributed by atoms with E-state index in [0.29, 0.717) is 6.42 Å². The van der Waals surface area contributed by atoms with E-state index in [9.17, 15) is 18.3 Å². The number of aromatic nitrogens is 2. The predicted octanol–water partition coefficient (Wildman–Crippen LogP) is 2.17. The van der Waals surface area contributed by atoms with Crippen LogP contribution in [0, 0.1) is 0 Å². The summed E-state index contributed by atoms with van der Waals surface area (Å²) in [7, 11) is 3.24. The van der Waals surface area contributed by atoms with E-state index in [1.807, 2.05) is 0 Å². The summed E-state index contributed by atoms with van der Waals surface area (Å²) in [5.41, 5.74) is -0.683. The molecule has 0 radical (unpaired) electrons. The van der Waals surface area contributed by atoms with Crippen molar-refractivity contribution in [3.05, 3.63) is 17.5 Å². The molecular weight excluding hydrogens is 271 g/mol. The average molecular weight is 291 g/mol.